The van der Waals surface area contributed by atoms with E-state index in [1.165, 1.54) is 0 Å². The molecule has 2 amide bonds. The van der Waals surface area contributed by atoms with Crippen molar-refractivity contribution >= 4 is 28.4 Å². The van der Waals surface area contributed by atoms with Crippen LogP contribution >= 0.6 is 0 Å². The lowest BCUT2D eigenvalue weighted by molar-refractivity contribution is -0.121. The molecule has 0 bridgehead atoms. The summed E-state index contributed by atoms with van der Waals surface area (Å²) < 4.78 is 0. The average molecular weight is 270 g/mol. The molecule has 3 rings (SSSR count). The molecule has 0 radical (unpaired) electrons. The van der Waals surface area contributed by atoms with Crippen LogP contribution in [-0.2, 0) is 9.59 Å². The number of nitrogens with zero attached hydrogens (tertiary/aromatic N) is 1. The van der Waals surface area contributed by atoms with Gasteiger partial charge >= 0.3 is 0 Å². The van der Waals surface area contributed by atoms with Crippen molar-refractivity contribution in [2.75, 3.05) is 5.32 Å². The summed E-state index contributed by atoms with van der Waals surface area (Å²) in [5.74, 6) is -0.218. The van der Waals surface area contributed by atoms with E-state index < -0.39 is 0 Å². The Labute approximate surface area is 115 Å². The molecule has 0 spiro atoms. The summed E-state index contributed by atoms with van der Waals surface area (Å²) in [5, 5.41) is 13.3. The van der Waals surface area contributed by atoms with Gasteiger partial charge in [0, 0.05) is 28.8 Å². The van der Waals surface area contributed by atoms with Gasteiger partial charge in [-0.05, 0) is 31.5 Å². The number of hydrogen-bond donors (Lipinski definition) is 3. The Bertz CT molecular complexity index is 730. The van der Waals surface area contributed by atoms with E-state index in [-0.39, 0.29) is 11.8 Å². The number of aromatic nitrogens is 2. The number of fused-ring (bicyclic) bond motifs is 1. The highest BCUT2D eigenvalue weighted by atomic mass is 16.2. The van der Waals surface area contributed by atoms with E-state index in [1.807, 2.05) is 18.2 Å². The van der Waals surface area contributed by atoms with E-state index >= 15 is 0 Å². The molecule has 1 aliphatic rings. The third kappa shape index (κ3) is 2.27. The van der Waals surface area contributed by atoms with Crippen LogP contribution in [0.2, 0.25) is 0 Å². The molecule has 1 aromatic carbocycles. The molecule has 2 heterocycles. The maximum absolute atomic E-state index is 12.2. The largest absolute Gasteiger partial charge is 0.330 e. The molecule has 6 nitrogen and oxygen atoms in total. The molecule has 1 aliphatic heterocycles. The lowest BCUT2D eigenvalue weighted by atomic mass is 10.0. The summed E-state index contributed by atoms with van der Waals surface area (Å²) >= 11 is 0. The third-order valence-electron chi connectivity index (χ3n) is 3.35. The van der Waals surface area contributed by atoms with Crippen molar-refractivity contribution in [1.29, 1.82) is 0 Å². The molecule has 0 atom stereocenters. The molecular formula is C14H14N4O2. The quantitative estimate of drug-likeness (QED) is 0.776. The Hall–Kier alpha value is -2.63. The molecule has 102 valence electrons. The van der Waals surface area contributed by atoms with Crippen LogP contribution in [0.1, 0.15) is 19.8 Å². The Morgan fingerprint density at radius 1 is 1.35 bits per heavy atom. The van der Waals surface area contributed by atoms with Gasteiger partial charge in [0.2, 0.25) is 5.91 Å². The van der Waals surface area contributed by atoms with Crippen molar-refractivity contribution in [1.82, 2.24) is 15.5 Å². The molecular weight excluding hydrogens is 256 g/mol. The second-order valence-corrected chi connectivity index (χ2v) is 4.78. The van der Waals surface area contributed by atoms with Gasteiger partial charge in [-0.25, -0.2) is 0 Å². The summed E-state index contributed by atoms with van der Waals surface area (Å²) in [6.07, 6.45) is 2.52. The monoisotopic (exact) mass is 270 g/mol. The van der Waals surface area contributed by atoms with Gasteiger partial charge in [0.15, 0.2) is 0 Å². The minimum absolute atomic E-state index is 0.0427. The summed E-state index contributed by atoms with van der Waals surface area (Å²) in [6.45, 7) is 1.74. The van der Waals surface area contributed by atoms with Crippen LogP contribution < -0.4 is 10.6 Å². The predicted octanol–water partition coefficient (Wildman–Crippen LogP) is 1.69. The van der Waals surface area contributed by atoms with E-state index in [4.69, 9.17) is 0 Å². The fraction of sp³-hybridized carbons (Fsp3) is 0.214. The normalized spacial score (nSPS) is 15.3. The van der Waals surface area contributed by atoms with E-state index in [1.54, 1.807) is 13.1 Å². The van der Waals surface area contributed by atoms with Crippen molar-refractivity contribution in [3.8, 4) is 0 Å². The highest BCUT2D eigenvalue weighted by Crippen LogP contribution is 2.20. The Balaban J connectivity index is 1.81. The molecule has 6 heteroatoms. The zero-order chi connectivity index (χ0) is 14.1. The van der Waals surface area contributed by atoms with Crippen LogP contribution in [0, 0.1) is 0 Å². The van der Waals surface area contributed by atoms with E-state index in [9.17, 15) is 9.59 Å². The van der Waals surface area contributed by atoms with Gasteiger partial charge in [0.25, 0.3) is 5.91 Å². The van der Waals surface area contributed by atoms with Gasteiger partial charge < -0.3 is 10.6 Å². The summed E-state index contributed by atoms with van der Waals surface area (Å²) in [5.41, 5.74) is 2.88. The molecule has 0 saturated carbocycles. The van der Waals surface area contributed by atoms with Crippen LogP contribution in [0.3, 0.4) is 0 Å². The molecule has 0 unspecified atom stereocenters. The standard InChI is InChI=1S/C14H14N4O2/c1-8-11(3-5-13(19)16-8)14(20)17-10-2-4-12-9(6-10)7-15-18-12/h2,4,6-7H,3,5H2,1H3,(H,15,18)(H,16,19)(H,17,20). The van der Waals surface area contributed by atoms with Gasteiger partial charge in [0.05, 0.1) is 11.7 Å². The number of hydrogen-bond acceptors (Lipinski definition) is 3. The number of benzene rings is 1. The fourth-order valence-electron chi connectivity index (χ4n) is 2.28. The van der Waals surface area contributed by atoms with Crippen LogP contribution in [-0.4, -0.2) is 22.0 Å². The maximum Gasteiger partial charge on any atom is 0.253 e. The van der Waals surface area contributed by atoms with Gasteiger partial charge in [-0.1, -0.05) is 0 Å². The summed E-state index contributed by atoms with van der Waals surface area (Å²) in [7, 11) is 0. The Kier molecular flexibility index (Phi) is 2.98. The van der Waals surface area contributed by atoms with E-state index in [0.717, 1.165) is 10.9 Å². The van der Waals surface area contributed by atoms with Crippen LogP contribution in [0.4, 0.5) is 5.69 Å². The number of rotatable bonds is 2. The van der Waals surface area contributed by atoms with Gasteiger partial charge in [-0.3, -0.25) is 14.7 Å². The average Bonchev–Trinajstić information content (AvgIpc) is 2.85. The van der Waals surface area contributed by atoms with Gasteiger partial charge in [-0.15, -0.1) is 0 Å². The fourth-order valence-corrected chi connectivity index (χ4v) is 2.28. The van der Waals surface area contributed by atoms with Crippen LogP contribution in [0.5, 0.6) is 0 Å². The van der Waals surface area contributed by atoms with Gasteiger partial charge in [-0.2, -0.15) is 5.10 Å². The topological polar surface area (TPSA) is 86.9 Å². The smallest absolute Gasteiger partial charge is 0.253 e. The second kappa shape index (κ2) is 4.80. The lowest BCUT2D eigenvalue weighted by Crippen LogP contribution is -2.30. The van der Waals surface area contributed by atoms with Crippen LogP contribution in [0.15, 0.2) is 35.7 Å². The van der Waals surface area contributed by atoms with Crippen molar-refractivity contribution in [3.05, 3.63) is 35.7 Å². The third-order valence-corrected chi connectivity index (χ3v) is 3.35. The number of allylic oxidation sites excluding steroid dienone is 1. The second-order valence-electron chi connectivity index (χ2n) is 4.78. The summed E-state index contributed by atoms with van der Waals surface area (Å²) in [4.78, 5) is 23.4. The molecule has 1 aromatic heterocycles. The van der Waals surface area contributed by atoms with Crippen molar-refractivity contribution in [2.24, 2.45) is 0 Å². The van der Waals surface area contributed by atoms with Crippen LogP contribution in [0.25, 0.3) is 10.9 Å². The number of H-pyrrole nitrogens is 1. The highest BCUT2D eigenvalue weighted by molar-refractivity contribution is 6.06. The van der Waals surface area contributed by atoms with Crippen molar-refractivity contribution < 1.29 is 9.59 Å². The number of carbonyl (C=O) groups is 2. The van der Waals surface area contributed by atoms with Crippen molar-refractivity contribution in [2.45, 2.75) is 19.8 Å². The molecule has 0 fully saturated rings. The molecule has 20 heavy (non-hydrogen) atoms. The SMILES string of the molecule is CC1=C(C(=O)Nc2ccc3[nH]ncc3c2)CCC(=O)N1. The number of carbonyl (C=O) groups excluding carboxylic acids is 2. The zero-order valence-corrected chi connectivity index (χ0v) is 11.0. The Morgan fingerprint density at radius 2 is 2.20 bits per heavy atom. The number of aromatic amines is 1. The number of nitrogens with one attached hydrogen (secondary N) is 3. The lowest BCUT2D eigenvalue weighted by Gasteiger charge is -2.18. The zero-order valence-electron chi connectivity index (χ0n) is 11.0. The number of anilines is 1. The molecule has 2 aromatic rings. The summed E-state index contributed by atoms with van der Waals surface area (Å²) in [6, 6.07) is 5.53. The first-order valence-corrected chi connectivity index (χ1v) is 6.37. The molecule has 0 aliphatic carbocycles. The maximum atomic E-state index is 12.2. The first-order valence-electron chi connectivity index (χ1n) is 6.37. The number of amides is 2. The Morgan fingerprint density at radius 3 is 3.00 bits per heavy atom. The highest BCUT2D eigenvalue weighted by Gasteiger charge is 2.20. The van der Waals surface area contributed by atoms with E-state index in [0.29, 0.717) is 29.8 Å². The predicted molar refractivity (Wildman–Crippen MR) is 74.8 cm³/mol. The molecule has 0 saturated heterocycles. The van der Waals surface area contributed by atoms with E-state index in [2.05, 4.69) is 20.8 Å². The minimum Gasteiger partial charge on any atom is -0.330 e. The minimum atomic E-state index is -0.176. The molecule has 3 N–H and O–H groups in total. The first-order chi connectivity index (χ1) is 9.63. The van der Waals surface area contributed by atoms with Gasteiger partial charge in [0.1, 0.15) is 0 Å². The van der Waals surface area contributed by atoms with Crippen molar-refractivity contribution in [3.63, 3.8) is 0 Å². The first kappa shape index (κ1) is 12.4.